The van der Waals surface area contributed by atoms with Crippen LogP contribution in [0.4, 0.5) is 5.95 Å². The molecule has 6 nitrogen and oxygen atoms in total. The minimum Gasteiger partial charge on any atom is -0.461 e. The van der Waals surface area contributed by atoms with Gasteiger partial charge in [0.05, 0.1) is 12.2 Å². The van der Waals surface area contributed by atoms with Crippen molar-refractivity contribution in [2.24, 2.45) is 0 Å². The van der Waals surface area contributed by atoms with Gasteiger partial charge in [0.25, 0.3) is 0 Å². The number of anilines is 1. The van der Waals surface area contributed by atoms with Crippen molar-refractivity contribution in [1.82, 2.24) is 15.0 Å². The Labute approximate surface area is 130 Å². The van der Waals surface area contributed by atoms with E-state index in [-0.39, 0.29) is 16.9 Å². The second-order valence-corrected chi connectivity index (χ2v) is 6.38. The molecule has 1 saturated heterocycles. The lowest BCUT2D eigenvalue weighted by molar-refractivity contribution is -0.0173. The highest BCUT2D eigenvalue weighted by Crippen LogP contribution is 2.19. The minimum atomic E-state index is -0.181. The van der Waals surface area contributed by atoms with Crippen molar-refractivity contribution in [2.75, 3.05) is 31.2 Å². The second kappa shape index (κ2) is 7.22. The summed E-state index contributed by atoms with van der Waals surface area (Å²) < 4.78 is 11.1. The number of halogens is 1. The van der Waals surface area contributed by atoms with Crippen LogP contribution >= 0.6 is 11.6 Å². The van der Waals surface area contributed by atoms with Gasteiger partial charge in [-0.05, 0) is 51.6 Å². The average molecular weight is 315 g/mol. The van der Waals surface area contributed by atoms with Crippen LogP contribution < -0.4 is 9.64 Å². The Hall–Kier alpha value is -1.14. The molecule has 0 amide bonds. The Bertz CT molecular complexity index is 459. The van der Waals surface area contributed by atoms with Crippen LogP contribution in [0.3, 0.4) is 0 Å². The van der Waals surface area contributed by atoms with E-state index in [1.807, 2.05) is 20.8 Å². The Balaban J connectivity index is 1.92. The maximum Gasteiger partial charge on any atom is 0.322 e. The highest BCUT2D eigenvalue weighted by atomic mass is 35.5. The summed E-state index contributed by atoms with van der Waals surface area (Å²) in [5.74, 6) is 0.599. The van der Waals surface area contributed by atoms with Gasteiger partial charge in [0, 0.05) is 13.1 Å². The molecule has 1 aliphatic rings. The molecular formula is C14H23ClN4O2. The summed E-state index contributed by atoms with van der Waals surface area (Å²) in [5, 5.41) is 0.164. The molecule has 0 bridgehead atoms. The van der Waals surface area contributed by atoms with Gasteiger partial charge >= 0.3 is 6.01 Å². The van der Waals surface area contributed by atoms with Gasteiger partial charge in [0.1, 0.15) is 6.61 Å². The fourth-order valence-corrected chi connectivity index (χ4v) is 2.25. The monoisotopic (exact) mass is 314 g/mol. The number of rotatable bonds is 5. The van der Waals surface area contributed by atoms with Gasteiger partial charge in [0.15, 0.2) is 0 Å². The van der Waals surface area contributed by atoms with Crippen LogP contribution in [-0.2, 0) is 4.74 Å². The van der Waals surface area contributed by atoms with Crippen LogP contribution in [-0.4, -0.2) is 46.9 Å². The average Bonchev–Trinajstić information content (AvgIpc) is 2.43. The zero-order chi connectivity index (χ0) is 15.3. The standard InChI is InChI=1S/C14H23ClN4O2/c1-14(2,3)21-10-9-20-13-17-11(15)16-12(18-13)19-7-5-4-6-8-19/h4-10H2,1-3H3. The third-order valence-corrected chi connectivity index (χ3v) is 3.23. The molecule has 0 spiro atoms. The van der Waals surface area contributed by atoms with Gasteiger partial charge in [-0.25, -0.2) is 0 Å². The molecule has 0 aromatic carbocycles. The lowest BCUT2D eigenvalue weighted by atomic mass is 10.1. The number of ether oxygens (including phenoxy) is 2. The van der Waals surface area contributed by atoms with E-state index in [0.29, 0.717) is 19.2 Å². The van der Waals surface area contributed by atoms with E-state index in [1.165, 1.54) is 6.42 Å². The van der Waals surface area contributed by atoms with E-state index < -0.39 is 0 Å². The fourth-order valence-electron chi connectivity index (χ4n) is 2.10. The molecule has 0 aliphatic carbocycles. The number of hydrogen-bond donors (Lipinski definition) is 0. The van der Waals surface area contributed by atoms with Crippen molar-refractivity contribution in [3.05, 3.63) is 5.28 Å². The molecule has 0 unspecified atom stereocenters. The first-order valence-electron chi connectivity index (χ1n) is 7.37. The predicted octanol–water partition coefficient (Wildman–Crippen LogP) is 2.71. The van der Waals surface area contributed by atoms with E-state index in [0.717, 1.165) is 25.9 Å². The van der Waals surface area contributed by atoms with Gasteiger partial charge < -0.3 is 14.4 Å². The summed E-state index contributed by atoms with van der Waals surface area (Å²) in [5.41, 5.74) is -0.181. The number of piperidine rings is 1. The Morgan fingerprint density at radius 2 is 1.76 bits per heavy atom. The minimum absolute atomic E-state index is 0.164. The van der Waals surface area contributed by atoms with Crippen LogP contribution in [0, 0.1) is 0 Å². The fraction of sp³-hybridized carbons (Fsp3) is 0.786. The van der Waals surface area contributed by atoms with Crippen molar-refractivity contribution in [3.8, 4) is 6.01 Å². The van der Waals surface area contributed by atoms with Crippen LogP contribution in [0.5, 0.6) is 6.01 Å². The Morgan fingerprint density at radius 1 is 1.05 bits per heavy atom. The topological polar surface area (TPSA) is 60.4 Å². The first-order chi connectivity index (χ1) is 9.94. The highest BCUT2D eigenvalue weighted by molar-refractivity contribution is 6.28. The van der Waals surface area contributed by atoms with Crippen molar-refractivity contribution in [1.29, 1.82) is 0 Å². The predicted molar refractivity (Wildman–Crippen MR) is 82.1 cm³/mol. The van der Waals surface area contributed by atoms with Crippen molar-refractivity contribution in [3.63, 3.8) is 0 Å². The van der Waals surface area contributed by atoms with E-state index in [4.69, 9.17) is 21.1 Å². The zero-order valence-corrected chi connectivity index (χ0v) is 13.7. The molecule has 1 aromatic heterocycles. The van der Waals surface area contributed by atoms with Crippen molar-refractivity contribution < 1.29 is 9.47 Å². The van der Waals surface area contributed by atoms with Crippen LogP contribution in [0.15, 0.2) is 0 Å². The van der Waals surface area contributed by atoms with Crippen LogP contribution in [0.25, 0.3) is 0 Å². The first kappa shape index (κ1) is 16.2. The van der Waals surface area contributed by atoms with E-state index in [2.05, 4.69) is 19.9 Å². The molecule has 1 fully saturated rings. The SMILES string of the molecule is CC(C)(C)OCCOc1nc(Cl)nc(N2CCCCC2)n1. The normalized spacial score (nSPS) is 16.1. The van der Waals surface area contributed by atoms with Gasteiger partial charge in [-0.2, -0.15) is 15.0 Å². The third kappa shape index (κ3) is 5.63. The molecule has 118 valence electrons. The molecule has 2 rings (SSSR count). The van der Waals surface area contributed by atoms with Gasteiger partial charge in [-0.1, -0.05) is 0 Å². The summed E-state index contributed by atoms with van der Waals surface area (Å²) in [6.45, 7) is 8.77. The van der Waals surface area contributed by atoms with E-state index >= 15 is 0 Å². The van der Waals surface area contributed by atoms with E-state index in [9.17, 15) is 0 Å². The maximum atomic E-state index is 5.95. The summed E-state index contributed by atoms with van der Waals surface area (Å²) in [6, 6.07) is 0.257. The second-order valence-electron chi connectivity index (χ2n) is 6.04. The number of nitrogens with zero attached hydrogens (tertiary/aromatic N) is 4. The third-order valence-electron chi connectivity index (χ3n) is 3.06. The summed E-state index contributed by atoms with van der Waals surface area (Å²) >= 11 is 5.95. The summed E-state index contributed by atoms with van der Waals surface area (Å²) in [6.07, 6.45) is 3.56. The quantitative estimate of drug-likeness (QED) is 0.779. The zero-order valence-electron chi connectivity index (χ0n) is 12.9. The molecule has 2 heterocycles. The van der Waals surface area contributed by atoms with Crippen molar-refractivity contribution in [2.45, 2.75) is 45.6 Å². The highest BCUT2D eigenvalue weighted by Gasteiger charge is 2.16. The van der Waals surface area contributed by atoms with E-state index in [1.54, 1.807) is 0 Å². The van der Waals surface area contributed by atoms with Crippen molar-refractivity contribution >= 4 is 17.5 Å². The molecule has 7 heteroatoms. The summed E-state index contributed by atoms with van der Waals surface area (Å²) in [7, 11) is 0. The smallest absolute Gasteiger partial charge is 0.322 e. The van der Waals surface area contributed by atoms with Gasteiger partial charge in [0.2, 0.25) is 11.2 Å². The van der Waals surface area contributed by atoms with Crippen LogP contribution in [0.1, 0.15) is 40.0 Å². The van der Waals surface area contributed by atoms with Crippen LogP contribution in [0.2, 0.25) is 5.28 Å². The molecular weight excluding hydrogens is 292 g/mol. The maximum absolute atomic E-state index is 5.95. The lowest BCUT2D eigenvalue weighted by Crippen LogP contribution is -2.31. The first-order valence-corrected chi connectivity index (χ1v) is 7.75. The molecule has 21 heavy (non-hydrogen) atoms. The van der Waals surface area contributed by atoms with Gasteiger partial charge in [-0.3, -0.25) is 0 Å². The molecule has 0 N–H and O–H groups in total. The molecule has 0 radical (unpaired) electrons. The van der Waals surface area contributed by atoms with Gasteiger partial charge in [-0.15, -0.1) is 0 Å². The molecule has 0 atom stereocenters. The Morgan fingerprint density at radius 3 is 2.43 bits per heavy atom. The number of hydrogen-bond acceptors (Lipinski definition) is 6. The molecule has 0 saturated carbocycles. The molecule has 1 aliphatic heterocycles. The largest absolute Gasteiger partial charge is 0.461 e. The lowest BCUT2D eigenvalue weighted by Gasteiger charge is -2.26. The summed E-state index contributed by atoms with van der Waals surface area (Å²) in [4.78, 5) is 14.6. The molecule has 1 aromatic rings. The number of aromatic nitrogens is 3. The Kier molecular flexibility index (Phi) is 5.58.